The molecule has 1 rings (SSSR count). The molecule has 1 aliphatic heterocycles. The SMILES string of the molecule is CC1=C[N]C(=O)C=C1. The van der Waals surface area contributed by atoms with E-state index in [-0.39, 0.29) is 5.91 Å². The average molecular weight is 108 g/mol. The van der Waals surface area contributed by atoms with Crippen LogP contribution in [0.5, 0.6) is 0 Å². The number of nitrogens with zero attached hydrogens (tertiary/aromatic N) is 1. The molecule has 2 heteroatoms. The lowest BCUT2D eigenvalue weighted by Crippen LogP contribution is -2.08. The molecule has 0 atom stereocenters. The summed E-state index contributed by atoms with van der Waals surface area (Å²) in [5.74, 6) is -0.171. The zero-order valence-corrected chi connectivity index (χ0v) is 4.59. The summed E-state index contributed by atoms with van der Waals surface area (Å²) >= 11 is 0. The van der Waals surface area contributed by atoms with Gasteiger partial charge in [-0.15, -0.1) is 0 Å². The van der Waals surface area contributed by atoms with Crippen molar-refractivity contribution in [1.82, 2.24) is 5.32 Å². The summed E-state index contributed by atoms with van der Waals surface area (Å²) < 4.78 is 0. The Balaban J connectivity index is 2.71. The molecular weight excluding hydrogens is 102 g/mol. The van der Waals surface area contributed by atoms with Gasteiger partial charge in [-0.1, -0.05) is 6.08 Å². The third kappa shape index (κ3) is 0.964. The zero-order valence-electron chi connectivity index (χ0n) is 4.59. The van der Waals surface area contributed by atoms with Crippen molar-refractivity contribution in [1.29, 1.82) is 0 Å². The minimum atomic E-state index is -0.171. The molecule has 0 saturated heterocycles. The number of hydrogen-bond acceptors (Lipinski definition) is 1. The van der Waals surface area contributed by atoms with E-state index in [9.17, 15) is 4.79 Å². The zero-order chi connectivity index (χ0) is 5.98. The van der Waals surface area contributed by atoms with Crippen molar-refractivity contribution in [2.75, 3.05) is 0 Å². The lowest BCUT2D eigenvalue weighted by atomic mass is 10.2. The van der Waals surface area contributed by atoms with Gasteiger partial charge in [0.05, 0.1) is 0 Å². The predicted octanol–water partition coefficient (Wildman–Crippen LogP) is 0.591. The Hall–Kier alpha value is -1.05. The van der Waals surface area contributed by atoms with Crippen molar-refractivity contribution in [2.45, 2.75) is 6.92 Å². The molecule has 2 nitrogen and oxygen atoms in total. The normalized spacial score (nSPS) is 17.6. The Labute approximate surface area is 47.9 Å². The number of carbonyl (C=O) groups excluding carboxylic acids is 1. The summed E-state index contributed by atoms with van der Waals surface area (Å²) in [7, 11) is 0. The molecule has 0 aliphatic carbocycles. The standard InChI is InChI=1S/C6H6NO/c1-5-2-3-6(8)7-4-5/h2-4H,1H3. The number of carbonyl (C=O) groups is 1. The topological polar surface area (TPSA) is 31.2 Å². The smallest absolute Gasteiger partial charge is 0.267 e. The minimum absolute atomic E-state index is 0.171. The van der Waals surface area contributed by atoms with E-state index in [4.69, 9.17) is 0 Å². The van der Waals surface area contributed by atoms with Crippen LogP contribution in [0.15, 0.2) is 23.9 Å². The highest BCUT2D eigenvalue weighted by atomic mass is 16.1. The van der Waals surface area contributed by atoms with Crippen molar-refractivity contribution in [3.8, 4) is 0 Å². The Morgan fingerprint density at radius 1 is 1.50 bits per heavy atom. The van der Waals surface area contributed by atoms with Gasteiger partial charge in [0.15, 0.2) is 0 Å². The Kier molecular flexibility index (Phi) is 1.16. The van der Waals surface area contributed by atoms with Crippen molar-refractivity contribution in [3.63, 3.8) is 0 Å². The molecule has 0 unspecified atom stereocenters. The molecule has 0 N–H and O–H groups in total. The van der Waals surface area contributed by atoms with Crippen LogP contribution >= 0.6 is 0 Å². The second kappa shape index (κ2) is 1.82. The van der Waals surface area contributed by atoms with E-state index in [2.05, 4.69) is 5.32 Å². The lowest BCUT2D eigenvalue weighted by Gasteiger charge is -1.96. The second-order valence-electron chi connectivity index (χ2n) is 1.67. The van der Waals surface area contributed by atoms with Gasteiger partial charge in [0, 0.05) is 12.3 Å². The highest BCUT2D eigenvalue weighted by Crippen LogP contribution is 1.97. The third-order valence-corrected chi connectivity index (χ3v) is 0.884. The minimum Gasteiger partial charge on any atom is -0.267 e. The van der Waals surface area contributed by atoms with E-state index in [1.807, 2.05) is 6.92 Å². The van der Waals surface area contributed by atoms with Gasteiger partial charge in [-0.2, -0.15) is 0 Å². The van der Waals surface area contributed by atoms with Gasteiger partial charge >= 0.3 is 0 Å². The van der Waals surface area contributed by atoms with Crippen molar-refractivity contribution >= 4 is 5.91 Å². The molecular formula is C6H6NO. The molecule has 0 aromatic carbocycles. The Bertz CT molecular complexity index is 165. The van der Waals surface area contributed by atoms with Gasteiger partial charge in [-0.05, 0) is 12.5 Å². The van der Waals surface area contributed by atoms with Gasteiger partial charge in [0.25, 0.3) is 5.91 Å². The highest BCUT2D eigenvalue weighted by molar-refractivity contribution is 5.89. The van der Waals surface area contributed by atoms with Crippen LogP contribution in [-0.4, -0.2) is 5.91 Å². The third-order valence-electron chi connectivity index (χ3n) is 0.884. The maximum absolute atomic E-state index is 10.3. The molecule has 0 aromatic rings. The summed E-state index contributed by atoms with van der Waals surface area (Å²) in [6.07, 6.45) is 4.76. The highest BCUT2D eigenvalue weighted by Gasteiger charge is 1.97. The first-order valence-corrected chi connectivity index (χ1v) is 2.39. The number of rotatable bonds is 0. The van der Waals surface area contributed by atoms with Crippen LogP contribution in [0.3, 0.4) is 0 Å². The molecule has 1 heterocycles. The fourth-order valence-electron chi connectivity index (χ4n) is 0.454. The van der Waals surface area contributed by atoms with Crippen molar-refractivity contribution in [2.24, 2.45) is 0 Å². The predicted molar refractivity (Wildman–Crippen MR) is 30.0 cm³/mol. The van der Waals surface area contributed by atoms with E-state index in [1.54, 1.807) is 12.3 Å². The fraction of sp³-hybridized carbons (Fsp3) is 0.167. The van der Waals surface area contributed by atoms with Gasteiger partial charge in [0.1, 0.15) is 0 Å². The largest absolute Gasteiger partial charge is 0.269 e. The van der Waals surface area contributed by atoms with Crippen LogP contribution in [0, 0.1) is 0 Å². The first-order chi connectivity index (χ1) is 3.79. The first kappa shape index (κ1) is 5.09. The average Bonchev–Trinajstić information content (AvgIpc) is 1.77. The van der Waals surface area contributed by atoms with Gasteiger partial charge in [0.2, 0.25) is 0 Å². The molecule has 8 heavy (non-hydrogen) atoms. The maximum atomic E-state index is 10.3. The van der Waals surface area contributed by atoms with Crippen LogP contribution in [0.4, 0.5) is 0 Å². The molecule has 0 aromatic heterocycles. The molecule has 1 aliphatic rings. The quantitative estimate of drug-likeness (QED) is 0.447. The van der Waals surface area contributed by atoms with Crippen LogP contribution in [0.1, 0.15) is 6.92 Å². The molecule has 1 radical (unpaired) electrons. The van der Waals surface area contributed by atoms with E-state index in [0.29, 0.717) is 0 Å². The van der Waals surface area contributed by atoms with Gasteiger partial charge < -0.3 is 0 Å². The number of amides is 1. The van der Waals surface area contributed by atoms with Crippen molar-refractivity contribution in [3.05, 3.63) is 23.9 Å². The van der Waals surface area contributed by atoms with E-state index >= 15 is 0 Å². The van der Waals surface area contributed by atoms with Crippen LogP contribution in [0.25, 0.3) is 0 Å². The Morgan fingerprint density at radius 3 is 2.62 bits per heavy atom. The molecule has 0 saturated carbocycles. The van der Waals surface area contributed by atoms with E-state index < -0.39 is 0 Å². The van der Waals surface area contributed by atoms with Crippen LogP contribution < -0.4 is 5.32 Å². The molecule has 0 fully saturated rings. The van der Waals surface area contributed by atoms with E-state index in [0.717, 1.165) is 5.57 Å². The number of hydrogen-bond donors (Lipinski definition) is 0. The monoisotopic (exact) mass is 108 g/mol. The van der Waals surface area contributed by atoms with Gasteiger partial charge in [-0.3, -0.25) is 4.79 Å². The number of allylic oxidation sites excluding steroid dienone is 2. The summed E-state index contributed by atoms with van der Waals surface area (Å²) in [5.41, 5.74) is 1.02. The first-order valence-electron chi connectivity index (χ1n) is 2.39. The van der Waals surface area contributed by atoms with Crippen LogP contribution in [0.2, 0.25) is 0 Å². The van der Waals surface area contributed by atoms with Gasteiger partial charge in [-0.25, -0.2) is 5.32 Å². The van der Waals surface area contributed by atoms with Crippen LogP contribution in [-0.2, 0) is 4.79 Å². The summed E-state index contributed by atoms with van der Waals surface area (Å²) in [6, 6.07) is 0. The summed E-state index contributed by atoms with van der Waals surface area (Å²) in [4.78, 5) is 10.3. The fourth-order valence-corrected chi connectivity index (χ4v) is 0.454. The molecule has 0 bridgehead atoms. The summed E-state index contributed by atoms with van der Waals surface area (Å²) in [6.45, 7) is 1.90. The molecule has 41 valence electrons. The Morgan fingerprint density at radius 2 is 2.25 bits per heavy atom. The maximum Gasteiger partial charge on any atom is 0.269 e. The van der Waals surface area contributed by atoms with E-state index in [1.165, 1.54) is 6.08 Å². The molecule has 0 spiro atoms. The lowest BCUT2D eigenvalue weighted by molar-refractivity contribution is -0.116. The second-order valence-corrected chi connectivity index (χ2v) is 1.67. The summed E-state index contributed by atoms with van der Waals surface area (Å²) in [5, 5.41) is 3.52. The molecule has 1 amide bonds. The van der Waals surface area contributed by atoms with Crippen molar-refractivity contribution < 1.29 is 4.79 Å².